The van der Waals surface area contributed by atoms with Gasteiger partial charge in [0.05, 0.1) is 30.9 Å². The molecule has 0 atom stereocenters. The maximum atomic E-state index is 13.0. The number of rotatable bonds is 13. The first-order chi connectivity index (χ1) is 21.8. The van der Waals surface area contributed by atoms with Crippen molar-refractivity contribution < 1.29 is 27.5 Å². The minimum atomic E-state index is -3.57. The van der Waals surface area contributed by atoms with Crippen molar-refractivity contribution in [3.8, 4) is 17.2 Å². The van der Waals surface area contributed by atoms with E-state index in [9.17, 15) is 18.0 Å². The van der Waals surface area contributed by atoms with Crippen LogP contribution in [-0.2, 0) is 21.4 Å². The Morgan fingerprint density at radius 2 is 1.58 bits per heavy atom. The molecule has 236 valence electrons. The number of ether oxygens (including phenoxy) is 2. The Morgan fingerprint density at radius 1 is 0.911 bits per heavy atom. The lowest BCUT2D eigenvalue weighted by atomic mass is 10.2. The van der Waals surface area contributed by atoms with Gasteiger partial charge in [-0.2, -0.15) is 4.31 Å². The second kappa shape index (κ2) is 14.6. The number of sulfonamides is 1. The summed E-state index contributed by atoms with van der Waals surface area (Å²) in [4.78, 5) is 25.9. The molecule has 0 aliphatic carbocycles. The quantitative estimate of drug-likeness (QED) is 0.204. The van der Waals surface area contributed by atoms with Crippen LogP contribution >= 0.6 is 11.8 Å². The zero-order valence-corrected chi connectivity index (χ0v) is 26.6. The van der Waals surface area contributed by atoms with E-state index in [0.29, 0.717) is 53.4 Å². The van der Waals surface area contributed by atoms with Crippen molar-refractivity contribution in [1.82, 2.24) is 24.4 Å². The van der Waals surface area contributed by atoms with Gasteiger partial charge < -0.3 is 20.1 Å². The molecule has 1 aromatic heterocycles. The van der Waals surface area contributed by atoms with E-state index in [0.717, 1.165) is 18.5 Å². The molecule has 2 amide bonds. The summed E-state index contributed by atoms with van der Waals surface area (Å²) >= 11 is 1.20. The van der Waals surface area contributed by atoms with Gasteiger partial charge in [0, 0.05) is 30.0 Å². The van der Waals surface area contributed by atoms with Gasteiger partial charge in [-0.15, -0.1) is 10.2 Å². The van der Waals surface area contributed by atoms with E-state index in [-0.39, 0.29) is 23.1 Å². The lowest BCUT2D eigenvalue weighted by Crippen LogP contribution is -2.28. The number of benzene rings is 3. The largest absolute Gasteiger partial charge is 0.497 e. The lowest BCUT2D eigenvalue weighted by Gasteiger charge is -2.15. The second-order valence-corrected chi connectivity index (χ2v) is 12.9. The maximum Gasteiger partial charge on any atom is 0.251 e. The summed E-state index contributed by atoms with van der Waals surface area (Å²) in [5.74, 6) is 1.28. The van der Waals surface area contributed by atoms with Crippen LogP contribution in [0.1, 0.15) is 35.9 Å². The summed E-state index contributed by atoms with van der Waals surface area (Å²) in [5.41, 5.74) is 1.68. The number of anilines is 1. The Labute approximate surface area is 266 Å². The molecule has 0 saturated carbocycles. The van der Waals surface area contributed by atoms with Crippen LogP contribution in [-0.4, -0.2) is 71.9 Å². The van der Waals surface area contributed by atoms with Crippen LogP contribution in [0.3, 0.4) is 0 Å². The van der Waals surface area contributed by atoms with Crippen LogP contribution in [0.25, 0.3) is 5.69 Å². The highest BCUT2D eigenvalue weighted by Crippen LogP contribution is 2.25. The first kappa shape index (κ1) is 32.0. The van der Waals surface area contributed by atoms with Crippen molar-refractivity contribution in [2.45, 2.75) is 36.4 Å². The molecule has 4 aromatic rings. The molecule has 2 N–H and O–H groups in total. The number of thioether (sulfide) groups is 1. The molecule has 1 fully saturated rings. The van der Waals surface area contributed by atoms with E-state index in [1.165, 1.54) is 40.3 Å². The van der Waals surface area contributed by atoms with Crippen molar-refractivity contribution in [3.63, 3.8) is 0 Å². The van der Waals surface area contributed by atoms with Crippen molar-refractivity contribution in [1.29, 1.82) is 0 Å². The van der Waals surface area contributed by atoms with Crippen LogP contribution in [0.2, 0.25) is 0 Å². The SMILES string of the molecule is CCOc1ccc(-n2c(CNC(=O)c3ccc(S(=O)(=O)N4CCCC4)cc3)nnc2SCC(=O)Nc2ccc(OC)cc2)cc1. The third-order valence-corrected chi connectivity index (χ3v) is 9.88. The summed E-state index contributed by atoms with van der Waals surface area (Å²) in [6.07, 6.45) is 1.69. The first-order valence-electron chi connectivity index (χ1n) is 14.4. The van der Waals surface area contributed by atoms with Gasteiger partial charge in [-0.3, -0.25) is 14.2 Å². The van der Waals surface area contributed by atoms with Crippen LogP contribution in [0.15, 0.2) is 82.8 Å². The monoisotopic (exact) mass is 650 g/mol. The minimum absolute atomic E-state index is 0.0332. The fourth-order valence-corrected chi connectivity index (χ4v) is 7.03. The molecule has 0 unspecified atom stereocenters. The summed E-state index contributed by atoms with van der Waals surface area (Å²) in [6.45, 7) is 3.48. The van der Waals surface area contributed by atoms with Gasteiger partial charge in [0.15, 0.2) is 11.0 Å². The lowest BCUT2D eigenvalue weighted by molar-refractivity contribution is -0.113. The average molecular weight is 651 g/mol. The fraction of sp³-hybridized carbons (Fsp3) is 0.290. The van der Waals surface area contributed by atoms with E-state index in [4.69, 9.17) is 9.47 Å². The molecule has 1 saturated heterocycles. The molecule has 5 rings (SSSR count). The van der Waals surface area contributed by atoms with Crippen molar-refractivity contribution in [2.24, 2.45) is 0 Å². The highest BCUT2D eigenvalue weighted by atomic mass is 32.2. The molecule has 14 heteroatoms. The molecule has 45 heavy (non-hydrogen) atoms. The minimum Gasteiger partial charge on any atom is -0.497 e. The van der Waals surface area contributed by atoms with Gasteiger partial charge in [-0.1, -0.05) is 11.8 Å². The van der Waals surface area contributed by atoms with Crippen molar-refractivity contribution >= 4 is 39.3 Å². The van der Waals surface area contributed by atoms with E-state index in [1.807, 2.05) is 31.2 Å². The van der Waals surface area contributed by atoms with Crippen LogP contribution in [0, 0.1) is 0 Å². The van der Waals surface area contributed by atoms with Crippen molar-refractivity contribution in [3.05, 3.63) is 84.2 Å². The molecular formula is C31H34N6O6S2. The Hall–Kier alpha value is -4.40. The van der Waals surface area contributed by atoms with Gasteiger partial charge in [0.1, 0.15) is 11.5 Å². The smallest absolute Gasteiger partial charge is 0.251 e. The average Bonchev–Trinajstić information content (AvgIpc) is 3.75. The third-order valence-electron chi connectivity index (χ3n) is 7.04. The topological polar surface area (TPSA) is 145 Å². The van der Waals surface area contributed by atoms with Gasteiger partial charge in [0.25, 0.3) is 5.91 Å². The summed E-state index contributed by atoms with van der Waals surface area (Å²) in [5, 5.41) is 14.8. The fourth-order valence-electron chi connectivity index (χ4n) is 4.74. The first-order valence-corrected chi connectivity index (χ1v) is 16.8. The number of hydrogen-bond acceptors (Lipinski definition) is 9. The number of nitrogens with zero attached hydrogens (tertiary/aromatic N) is 4. The van der Waals surface area contributed by atoms with Crippen LogP contribution < -0.4 is 20.1 Å². The Kier molecular flexibility index (Phi) is 10.4. The molecule has 2 heterocycles. The number of aromatic nitrogens is 3. The molecule has 0 radical (unpaired) electrons. The zero-order valence-electron chi connectivity index (χ0n) is 24.9. The molecule has 3 aromatic carbocycles. The van der Waals surface area contributed by atoms with E-state index in [2.05, 4.69) is 20.8 Å². The number of carbonyl (C=O) groups is 2. The number of carbonyl (C=O) groups excluding carboxylic acids is 2. The third kappa shape index (κ3) is 7.82. The van der Waals surface area contributed by atoms with E-state index in [1.54, 1.807) is 35.9 Å². The molecular weight excluding hydrogens is 617 g/mol. The number of amides is 2. The Bertz CT molecular complexity index is 1720. The summed E-state index contributed by atoms with van der Waals surface area (Å²) in [7, 11) is -2.00. The number of nitrogens with one attached hydrogen (secondary N) is 2. The van der Waals surface area contributed by atoms with Gasteiger partial charge >= 0.3 is 0 Å². The second-order valence-electron chi connectivity index (χ2n) is 10.0. The van der Waals surface area contributed by atoms with E-state index < -0.39 is 15.9 Å². The normalized spacial score (nSPS) is 13.4. The highest BCUT2D eigenvalue weighted by Gasteiger charge is 2.27. The molecule has 0 bridgehead atoms. The molecule has 12 nitrogen and oxygen atoms in total. The number of methoxy groups -OCH3 is 1. The van der Waals surface area contributed by atoms with Gasteiger partial charge in [0.2, 0.25) is 15.9 Å². The summed E-state index contributed by atoms with van der Waals surface area (Å²) < 4.78 is 39.6. The van der Waals surface area contributed by atoms with Crippen molar-refractivity contribution in [2.75, 3.05) is 37.9 Å². The Balaban J connectivity index is 1.28. The maximum absolute atomic E-state index is 13.0. The predicted octanol–water partition coefficient (Wildman–Crippen LogP) is 4.12. The van der Waals surface area contributed by atoms with Gasteiger partial charge in [-0.25, -0.2) is 8.42 Å². The standard InChI is InChI=1S/C31H34N6O6S2/c1-3-43-26-14-10-24(11-15-26)37-28(34-35-31(37)44-21-29(38)33-23-8-12-25(42-2)13-9-23)20-32-30(39)22-6-16-27(17-7-22)45(40,41)36-18-4-5-19-36/h6-17H,3-5,18-21H2,1-2H3,(H,32,39)(H,33,38). The molecule has 1 aliphatic rings. The van der Waals surface area contributed by atoms with E-state index >= 15 is 0 Å². The summed E-state index contributed by atoms with van der Waals surface area (Å²) in [6, 6.07) is 20.3. The Morgan fingerprint density at radius 3 is 2.22 bits per heavy atom. The zero-order chi connectivity index (χ0) is 31.8. The van der Waals surface area contributed by atoms with Crippen LogP contribution in [0.4, 0.5) is 5.69 Å². The molecule has 1 aliphatic heterocycles. The molecule has 0 spiro atoms. The van der Waals surface area contributed by atoms with Crippen LogP contribution in [0.5, 0.6) is 11.5 Å². The number of hydrogen-bond donors (Lipinski definition) is 2. The predicted molar refractivity (Wildman–Crippen MR) is 170 cm³/mol. The highest BCUT2D eigenvalue weighted by molar-refractivity contribution is 7.99. The van der Waals surface area contributed by atoms with Gasteiger partial charge in [-0.05, 0) is 92.6 Å².